The van der Waals surface area contributed by atoms with Crippen LogP contribution in [0.25, 0.3) is 0 Å². The summed E-state index contributed by atoms with van der Waals surface area (Å²) in [5, 5.41) is 0. The summed E-state index contributed by atoms with van der Waals surface area (Å²) in [7, 11) is 0. The molecule has 7 atom stereocenters. The van der Waals surface area contributed by atoms with Gasteiger partial charge < -0.3 is 9.47 Å². The highest BCUT2D eigenvalue weighted by Gasteiger charge is 2.72. The Morgan fingerprint density at radius 2 is 1.83 bits per heavy atom. The van der Waals surface area contributed by atoms with Crippen molar-refractivity contribution in [3.8, 4) is 0 Å². The van der Waals surface area contributed by atoms with Crippen LogP contribution in [0.5, 0.6) is 0 Å². The second-order valence-corrected chi connectivity index (χ2v) is 13.0. The van der Waals surface area contributed by atoms with E-state index < -0.39 is 16.6 Å². The van der Waals surface area contributed by atoms with Crippen LogP contribution in [0.2, 0.25) is 0 Å². The van der Waals surface area contributed by atoms with Crippen LogP contribution in [0, 0.1) is 29.1 Å². The standard InChI is InChI=1S/C30H41NO4/c1-19-12-13-24-29(15-14-19,27(33)35-30(24)18-31-16-8-7-11-25(30)31)23-17-22(26(32)34-28(2,3)4)20-9-5-6-10-21(20)23/h12-15,20-23,25H,5-11,16-18H2,1-4H3/t20?,21?,22?,23?,25-,29?,30+/m0/s1. The van der Waals surface area contributed by atoms with Crippen molar-refractivity contribution in [2.75, 3.05) is 13.1 Å². The summed E-state index contributed by atoms with van der Waals surface area (Å²) in [5.41, 5.74) is 0.561. The molecule has 1 spiro atoms. The van der Waals surface area contributed by atoms with Crippen LogP contribution in [0.15, 0.2) is 35.5 Å². The molecule has 0 aromatic heterocycles. The van der Waals surface area contributed by atoms with E-state index in [4.69, 9.17) is 9.47 Å². The number of piperidine rings is 1. The van der Waals surface area contributed by atoms with E-state index in [2.05, 4.69) is 36.1 Å². The molecule has 5 nitrogen and oxygen atoms in total. The molecule has 0 radical (unpaired) electrons. The van der Waals surface area contributed by atoms with Crippen LogP contribution >= 0.6 is 0 Å². The summed E-state index contributed by atoms with van der Waals surface area (Å²) < 4.78 is 12.4. The zero-order valence-corrected chi connectivity index (χ0v) is 21.8. The Labute approximate surface area is 210 Å². The minimum atomic E-state index is -0.769. The Hall–Kier alpha value is -1.88. The topological polar surface area (TPSA) is 55.8 Å². The average molecular weight is 480 g/mol. The smallest absolute Gasteiger partial charge is 0.321 e. The molecule has 0 amide bonds. The molecule has 190 valence electrons. The van der Waals surface area contributed by atoms with E-state index in [-0.39, 0.29) is 23.8 Å². The largest absolute Gasteiger partial charge is 0.460 e. The van der Waals surface area contributed by atoms with E-state index in [0.717, 1.165) is 44.3 Å². The summed E-state index contributed by atoms with van der Waals surface area (Å²) >= 11 is 0. The van der Waals surface area contributed by atoms with Crippen LogP contribution in [0.4, 0.5) is 0 Å². The van der Waals surface area contributed by atoms with Gasteiger partial charge >= 0.3 is 11.9 Å². The number of hydrogen-bond donors (Lipinski definition) is 0. The lowest BCUT2D eigenvalue weighted by Gasteiger charge is -2.57. The van der Waals surface area contributed by atoms with Gasteiger partial charge in [0.25, 0.3) is 0 Å². The monoisotopic (exact) mass is 479 g/mol. The number of hydrogen-bond acceptors (Lipinski definition) is 5. The third-order valence-electron chi connectivity index (χ3n) is 9.94. The zero-order valence-electron chi connectivity index (χ0n) is 21.8. The van der Waals surface area contributed by atoms with Gasteiger partial charge in [-0.15, -0.1) is 0 Å². The fourth-order valence-electron chi connectivity index (χ4n) is 8.56. The van der Waals surface area contributed by atoms with Gasteiger partial charge in [0.1, 0.15) is 11.0 Å². The van der Waals surface area contributed by atoms with E-state index in [0.29, 0.717) is 24.3 Å². The molecule has 5 unspecified atom stereocenters. The number of esters is 2. The summed E-state index contributed by atoms with van der Waals surface area (Å²) in [6, 6.07) is 0.290. The maximum absolute atomic E-state index is 14.2. The van der Waals surface area contributed by atoms with Crippen LogP contribution in [-0.4, -0.2) is 47.2 Å². The van der Waals surface area contributed by atoms with E-state index in [9.17, 15) is 9.59 Å². The highest BCUT2D eigenvalue weighted by atomic mass is 16.6. The molecule has 35 heavy (non-hydrogen) atoms. The average Bonchev–Trinajstić information content (AvgIpc) is 3.23. The third kappa shape index (κ3) is 3.43. The summed E-state index contributed by atoms with van der Waals surface area (Å²) in [6.07, 6.45) is 17.4. The molecule has 2 saturated carbocycles. The highest BCUT2D eigenvalue weighted by molar-refractivity contribution is 5.90. The maximum atomic E-state index is 14.2. The van der Waals surface area contributed by atoms with Crippen LogP contribution < -0.4 is 0 Å². The molecule has 3 aliphatic carbocycles. The Kier molecular flexibility index (Phi) is 5.42. The molecule has 3 heterocycles. The van der Waals surface area contributed by atoms with Crippen molar-refractivity contribution in [1.29, 1.82) is 0 Å². The number of carbonyl (C=O) groups is 2. The number of ether oxygens (including phenoxy) is 2. The lowest BCUT2D eigenvalue weighted by Crippen LogP contribution is -2.71. The van der Waals surface area contributed by atoms with Gasteiger partial charge in [0.2, 0.25) is 0 Å². The minimum absolute atomic E-state index is 0.0751. The molecular weight excluding hydrogens is 438 g/mol. The SMILES string of the molecule is CC1=CC=C2C(C3CC(C(=O)OC(C)(C)C)C4CCCCC43)(C=C1)C(=O)O[C@]21CN2CCCC[C@H]21. The summed E-state index contributed by atoms with van der Waals surface area (Å²) in [4.78, 5) is 30.1. The highest BCUT2D eigenvalue weighted by Crippen LogP contribution is 2.65. The molecule has 0 bridgehead atoms. The predicted octanol–water partition coefficient (Wildman–Crippen LogP) is 5.36. The fraction of sp³-hybridized carbons (Fsp3) is 0.733. The fourth-order valence-corrected chi connectivity index (χ4v) is 8.56. The first-order chi connectivity index (χ1) is 16.7. The zero-order chi connectivity index (χ0) is 24.6. The van der Waals surface area contributed by atoms with Gasteiger partial charge in [0, 0.05) is 6.54 Å². The quantitative estimate of drug-likeness (QED) is 0.499. The van der Waals surface area contributed by atoms with Gasteiger partial charge in [0.05, 0.1) is 12.0 Å². The number of fused-ring (bicyclic) bond motifs is 5. The number of allylic oxidation sites excluding steroid dienone is 4. The maximum Gasteiger partial charge on any atom is 0.321 e. The van der Waals surface area contributed by atoms with Crippen molar-refractivity contribution in [3.05, 3.63) is 35.5 Å². The van der Waals surface area contributed by atoms with Gasteiger partial charge in [-0.3, -0.25) is 14.5 Å². The molecule has 6 aliphatic rings. The normalized spacial score (nSPS) is 42.7. The van der Waals surface area contributed by atoms with Gasteiger partial charge in [-0.05, 0) is 89.7 Å². The molecule has 3 aliphatic heterocycles. The number of rotatable bonds is 2. The van der Waals surface area contributed by atoms with Crippen LogP contribution in [-0.2, 0) is 19.1 Å². The number of carbonyl (C=O) groups excluding carboxylic acids is 2. The minimum Gasteiger partial charge on any atom is -0.460 e. The molecule has 3 saturated heterocycles. The van der Waals surface area contributed by atoms with E-state index in [1.807, 2.05) is 20.8 Å². The van der Waals surface area contributed by atoms with Crippen LogP contribution in [0.1, 0.15) is 79.1 Å². The van der Waals surface area contributed by atoms with E-state index in [1.54, 1.807) is 0 Å². The molecule has 6 rings (SSSR count). The molecule has 5 heteroatoms. The van der Waals surface area contributed by atoms with Gasteiger partial charge in [-0.2, -0.15) is 0 Å². The van der Waals surface area contributed by atoms with Gasteiger partial charge in [-0.1, -0.05) is 49.1 Å². The summed E-state index contributed by atoms with van der Waals surface area (Å²) in [5.74, 6) is 0.431. The van der Waals surface area contributed by atoms with Gasteiger partial charge in [-0.25, -0.2) is 0 Å². The van der Waals surface area contributed by atoms with E-state index in [1.165, 1.54) is 24.8 Å². The van der Waals surface area contributed by atoms with Crippen molar-refractivity contribution in [1.82, 2.24) is 4.90 Å². The van der Waals surface area contributed by atoms with Crippen molar-refractivity contribution >= 4 is 11.9 Å². The predicted molar refractivity (Wildman–Crippen MR) is 134 cm³/mol. The lowest BCUT2D eigenvalue weighted by molar-refractivity contribution is -0.181. The lowest BCUT2D eigenvalue weighted by atomic mass is 9.58. The molecule has 0 aromatic rings. The third-order valence-corrected chi connectivity index (χ3v) is 9.94. The first-order valence-electron chi connectivity index (χ1n) is 13.9. The Balaban J connectivity index is 1.42. The molecule has 5 fully saturated rings. The second-order valence-electron chi connectivity index (χ2n) is 13.0. The molecule has 0 aromatic carbocycles. The van der Waals surface area contributed by atoms with Gasteiger partial charge in [0.15, 0.2) is 5.60 Å². The van der Waals surface area contributed by atoms with Crippen LogP contribution in [0.3, 0.4) is 0 Å². The Morgan fingerprint density at radius 1 is 1.09 bits per heavy atom. The molecular formula is C30H41NO4. The Bertz CT molecular complexity index is 1020. The number of nitrogens with zero attached hydrogens (tertiary/aromatic N) is 1. The van der Waals surface area contributed by atoms with Crippen molar-refractivity contribution in [2.45, 2.75) is 96.3 Å². The summed E-state index contributed by atoms with van der Waals surface area (Å²) in [6.45, 7) is 9.86. The van der Waals surface area contributed by atoms with Crippen molar-refractivity contribution in [2.24, 2.45) is 29.1 Å². The van der Waals surface area contributed by atoms with E-state index >= 15 is 0 Å². The van der Waals surface area contributed by atoms with Crippen molar-refractivity contribution in [3.63, 3.8) is 0 Å². The first-order valence-corrected chi connectivity index (χ1v) is 13.9. The Morgan fingerprint density at radius 3 is 2.57 bits per heavy atom. The molecule has 0 N–H and O–H groups in total. The second kappa shape index (κ2) is 8.06. The first kappa shape index (κ1) is 23.5. The van der Waals surface area contributed by atoms with Crippen molar-refractivity contribution < 1.29 is 19.1 Å².